The van der Waals surface area contributed by atoms with Gasteiger partial charge in [0.15, 0.2) is 5.69 Å². The lowest BCUT2D eigenvalue weighted by molar-refractivity contribution is 0.0518. The Bertz CT molecular complexity index is 669. The maximum atomic E-state index is 14.0. The zero-order chi connectivity index (χ0) is 14.8. The number of esters is 1. The molecule has 1 unspecified atom stereocenters. The van der Waals surface area contributed by atoms with Gasteiger partial charge in [-0.15, -0.1) is 0 Å². The van der Waals surface area contributed by atoms with Gasteiger partial charge in [0.25, 0.3) is 0 Å². The Morgan fingerprint density at radius 1 is 1.52 bits per heavy atom. The van der Waals surface area contributed by atoms with Crippen LogP contribution in [0.3, 0.4) is 0 Å². The van der Waals surface area contributed by atoms with Crippen LogP contribution in [0.15, 0.2) is 30.3 Å². The van der Waals surface area contributed by atoms with Crippen molar-refractivity contribution in [2.24, 2.45) is 0 Å². The molecular weight excluding hydrogens is 273 g/mol. The molecule has 0 amide bonds. The van der Waals surface area contributed by atoms with Gasteiger partial charge in [-0.25, -0.2) is 13.9 Å². The van der Waals surface area contributed by atoms with E-state index in [4.69, 9.17) is 4.74 Å². The lowest BCUT2D eigenvalue weighted by Gasteiger charge is -2.26. The molecule has 5 nitrogen and oxygen atoms in total. The molecule has 2 aromatic rings. The summed E-state index contributed by atoms with van der Waals surface area (Å²) in [5.74, 6) is -0.0189. The Balaban J connectivity index is 1.98. The maximum absolute atomic E-state index is 14.0. The van der Waals surface area contributed by atoms with Gasteiger partial charge in [0.1, 0.15) is 11.6 Å². The van der Waals surface area contributed by atoms with Crippen LogP contribution in [0.1, 0.15) is 35.4 Å². The minimum absolute atomic E-state index is 0.217. The van der Waals surface area contributed by atoms with Gasteiger partial charge in [-0.1, -0.05) is 18.2 Å². The van der Waals surface area contributed by atoms with E-state index in [9.17, 15) is 9.18 Å². The van der Waals surface area contributed by atoms with Crippen LogP contribution in [0, 0.1) is 5.82 Å². The molecule has 21 heavy (non-hydrogen) atoms. The smallest absolute Gasteiger partial charge is 0.358 e. The molecule has 6 heteroatoms. The summed E-state index contributed by atoms with van der Waals surface area (Å²) in [6, 6.07) is 8.08. The molecule has 0 fully saturated rings. The van der Waals surface area contributed by atoms with Crippen molar-refractivity contribution in [3.8, 4) is 0 Å². The number of benzene rings is 1. The molecule has 110 valence electrons. The lowest BCUT2D eigenvalue weighted by atomic mass is 10.0. The van der Waals surface area contributed by atoms with Gasteiger partial charge < -0.3 is 10.1 Å². The Morgan fingerprint density at radius 3 is 3.10 bits per heavy atom. The highest BCUT2D eigenvalue weighted by atomic mass is 19.1. The molecule has 1 atom stereocenters. The van der Waals surface area contributed by atoms with E-state index < -0.39 is 5.97 Å². The standard InChI is InChI=1S/C15H16FN3O2/c1-2-21-15(20)12-9-14-17-8-7-13(19(14)18-12)10-5-3-4-6-11(10)16/h3-6,9,13,17H,2,7-8H2,1H3. The summed E-state index contributed by atoms with van der Waals surface area (Å²) < 4.78 is 20.6. The fourth-order valence-electron chi connectivity index (χ4n) is 2.56. The van der Waals surface area contributed by atoms with E-state index >= 15 is 0 Å². The van der Waals surface area contributed by atoms with E-state index in [-0.39, 0.29) is 17.6 Å². The molecule has 0 radical (unpaired) electrons. The van der Waals surface area contributed by atoms with Crippen LogP contribution in [0.4, 0.5) is 10.2 Å². The lowest BCUT2D eigenvalue weighted by Crippen LogP contribution is -2.25. The van der Waals surface area contributed by atoms with Crippen molar-refractivity contribution in [3.05, 3.63) is 47.4 Å². The van der Waals surface area contributed by atoms with Crippen molar-refractivity contribution < 1.29 is 13.9 Å². The van der Waals surface area contributed by atoms with Crippen molar-refractivity contribution >= 4 is 11.8 Å². The van der Waals surface area contributed by atoms with Gasteiger partial charge in [0.05, 0.1) is 12.6 Å². The molecule has 1 aliphatic rings. The minimum atomic E-state index is -0.464. The van der Waals surface area contributed by atoms with Crippen LogP contribution in [-0.4, -0.2) is 28.9 Å². The first-order valence-electron chi connectivity index (χ1n) is 6.95. The summed E-state index contributed by atoms with van der Waals surface area (Å²) in [6.07, 6.45) is 0.706. The largest absolute Gasteiger partial charge is 0.461 e. The summed E-state index contributed by atoms with van der Waals surface area (Å²) in [4.78, 5) is 11.8. The molecule has 2 heterocycles. The number of anilines is 1. The van der Waals surface area contributed by atoms with Gasteiger partial charge in [0.2, 0.25) is 0 Å². The normalized spacial score (nSPS) is 17.0. The zero-order valence-corrected chi connectivity index (χ0v) is 11.7. The highest BCUT2D eigenvalue weighted by molar-refractivity contribution is 5.88. The van der Waals surface area contributed by atoms with Gasteiger partial charge in [-0.05, 0) is 19.4 Å². The molecule has 0 saturated heterocycles. The highest BCUT2D eigenvalue weighted by Gasteiger charge is 2.26. The predicted octanol–water partition coefficient (Wildman–Crippen LogP) is 2.60. The molecule has 0 aliphatic carbocycles. The minimum Gasteiger partial charge on any atom is -0.461 e. The highest BCUT2D eigenvalue weighted by Crippen LogP contribution is 2.31. The molecule has 0 saturated carbocycles. The summed E-state index contributed by atoms with van der Waals surface area (Å²) >= 11 is 0. The number of hydrogen-bond acceptors (Lipinski definition) is 4. The Kier molecular flexibility index (Phi) is 3.60. The second-order valence-corrected chi connectivity index (χ2v) is 4.83. The number of aromatic nitrogens is 2. The summed E-state index contributed by atoms with van der Waals surface area (Å²) in [5.41, 5.74) is 0.821. The van der Waals surface area contributed by atoms with Crippen molar-refractivity contribution in [3.63, 3.8) is 0 Å². The van der Waals surface area contributed by atoms with E-state index in [1.807, 2.05) is 0 Å². The predicted molar refractivity (Wildman–Crippen MR) is 75.8 cm³/mol. The molecular formula is C15H16FN3O2. The van der Waals surface area contributed by atoms with Crippen LogP contribution in [0.5, 0.6) is 0 Å². The number of halogens is 1. The van der Waals surface area contributed by atoms with Crippen LogP contribution < -0.4 is 5.32 Å². The summed E-state index contributed by atoms with van der Waals surface area (Å²) in [5, 5.41) is 7.45. The monoisotopic (exact) mass is 289 g/mol. The summed E-state index contributed by atoms with van der Waals surface area (Å²) in [6.45, 7) is 2.74. The van der Waals surface area contributed by atoms with E-state index in [0.29, 0.717) is 31.0 Å². The number of ether oxygens (including phenoxy) is 1. The van der Waals surface area contributed by atoms with E-state index in [2.05, 4.69) is 10.4 Å². The Morgan fingerprint density at radius 2 is 2.33 bits per heavy atom. The number of carbonyl (C=O) groups is 1. The molecule has 1 aliphatic heterocycles. The Hall–Kier alpha value is -2.37. The number of rotatable bonds is 3. The van der Waals surface area contributed by atoms with E-state index in [1.165, 1.54) is 6.07 Å². The van der Waals surface area contributed by atoms with Crippen LogP contribution in [-0.2, 0) is 4.74 Å². The number of hydrogen-bond donors (Lipinski definition) is 1. The van der Waals surface area contributed by atoms with Crippen molar-refractivity contribution in [2.75, 3.05) is 18.5 Å². The second-order valence-electron chi connectivity index (χ2n) is 4.83. The van der Waals surface area contributed by atoms with Crippen LogP contribution in [0.2, 0.25) is 0 Å². The van der Waals surface area contributed by atoms with E-state index in [0.717, 1.165) is 0 Å². The number of nitrogens with zero attached hydrogens (tertiary/aromatic N) is 2. The Labute approximate surface area is 121 Å². The first-order chi connectivity index (χ1) is 10.2. The number of fused-ring (bicyclic) bond motifs is 1. The van der Waals surface area contributed by atoms with Gasteiger partial charge in [-0.2, -0.15) is 5.10 Å². The zero-order valence-electron chi connectivity index (χ0n) is 11.7. The molecule has 1 aromatic carbocycles. The SMILES string of the molecule is CCOC(=O)c1cc2n(n1)C(c1ccccc1F)CCN2. The number of nitrogens with one attached hydrogen (secondary N) is 1. The van der Waals surface area contributed by atoms with Crippen molar-refractivity contribution in [2.45, 2.75) is 19.4 Å². The molecule has 0 bridgehead atoms. The maximum Gasteiger partial charge on any atom is 0.358 e. The average molecular weight is 289 g/mol. The summed E-state index contributed by atoms with van der Waals surface area (Å²) in [7, 11) is 0. The first-order valence-corrected chi connectivity index (χ1v) is 6.95. The van der Waals surface area contributed by atoms with E-state index in [1.54, 1.807) is 35.9 Å². The topological polar surface area (TPSA) is 56.2 Å². The van der Waals surface area contributed by atoms with Gasteiger partial charge >= 0.3 is 5.97 Å². The third-order valence-corrected chi connectivity index (χ3v) is 3.50. The van der Waals surface area contributed by atoms with Crippen molar-refractivity contribution in [1.82, 2.24) is 9.78 Å². The van der Waals surface area contributed by atoms with Gasteiger partial charge in [0, 0.05) is 18.2 Å². The molecule has 3 rings (SSSR count). The van der Waals surface area contributed by atoms with Crippen molar-refractivity contribution in [1.29, 1.82) is 0 Å². The fraction of sp³-hybridized carbons (Fsp3) is 0.333. The third kappa shape index (κ3) is 2.49. The van der Waals surface area contributed by atoms with Gasteiger partial charge in [-0.3, -0.25) is 0 Å². The quantitative estimate of drug-likeness (QED) is 0.882. The van der Waals surface area contributed by atoms with Crippen LogP contribution in [0.25, 0.3) is 0 Å². The van der Waals surface area contributed by atoms with Crippen LogP contribution >= 0.6 is 0 Å². The first kappa shape index (κ1) is 13.6. The number of carbonyl (C=O) groups excluding carboxylic acids is 1. The average Bonchev–Trinajstić information content (AvgIpc) is 2.92. The molecule has 1 aromatic heterocycles. The molecule has 0 spiro atoms. The third-order valence-electron chi connectivity index (χ3n) is 3.50. The second kappa shape index (κ2) is 5.55. The molecule has 1 N–H and O–H groups in total. The fourth-order valence-corrected chi connectivity index (χ4v) is 2.56.